The first kappa shape index (κ1) is 16.2. The molecule has 0 aliphatic carbocycles. The lowest BCUT2D eigenvalue weighted by Crippen LogP contribution is -2.03. The SMILES string of the molecule is COc1cc(C=C2C(=O)Nc3cc(Cl)ccc32)cc(OC)c1OC. The van der Waals surface area contributed by atoms with Gasteiger partial charge in [-0.15, -0.1) is 0 Å². The molecule has 2 aromatic carbocycles. The van der Waals surface area contributed by atoms with Crippen LogP contribution < -0.4 is 19.5 Å². The number of halogens is 1. The Morgan fingerprint density at radius 3 is 2.25 bits per heavy atom. The zero-order valence-corrected chi connectivity index (χ0v) is 14.2. The standard InChI is InChI=1S/C18H16ClNO4/c1-22-15-7-10(8-16(23-2)17(15)24-3)6-13-12-5-4-11(19)9-14(12)20-18(13)21/h4-9H,1-3H3,(H,20,21). The van der Waals surface area contributed by atoms with Gasteiger partial charge in [-0.2, -0.15) is 0 Å². The minimum absolute atomic E-state index is 0.180. The van der Waals surface area contributed by atoms with Crippen LogP contribution in [0.5, 0.6) is 17.2 Å². The second-order valence-corrected chi connectivity index (χ2v) is 5.60. The molecule has 0 atom stereocenters. The minimum Gasteiger partial charge on any atom is -0.493 e. The third-order valence-corrected chi connectivity index (χ3v) is 4.00. The first-order valence-electron chi connectivity index (χ1n) is 7.20. The van der Waals surface area contributed by atoms with E-state index in [1.165, 1.54) is 0 Å². The Hall–Kier alpha value is -2.66. The topological polar surface area (TPSA) is 56.8 Å². The molecule has 0 unspecified atom stereocenters. The predicted molar refractivity (Wildman–Crippen MR) is 94.1 cm³/mol. The third kappa shape index (κ3) is 2.78. The number of methoxy groups -OCH3 is 3. The average Bonchev–Trinajstić information content (AvgIpc) is 2.88. The molecule has 24 heavy (non-hydrogen) atoms. The summed E-state index contributed by atoms with van der Waals surface area (Å²) in [6.07, 6.45) is 1.78. The number of rotatable bonds is 4. The number of anilines is 1. The lowest BCUT2D eigenvalue weighted by atomic mass is 10.0. The van der Waals surface area contributed by atoms with E-state index in [2.05, 4.69) is 5.32 Å². The number of ether oxygens (including phenoxy) is 3. The van der Waals surface area contributed by atoms with Crippen LogP contribution in [-0.2, 0) is 4.79 Å². The van der Waals surface area contributed by atoms with Crippen molar-refractivity contribution in [2.24, 2.45) is 0 Å². The van der Waals surface area contributed by atoms with Gasteiger partial charge in [-0.25, -0.2) is 0 Å². The van der Waals surface area contributed by atoms with Crippen LogP contribution in [0.4, 0.5) is 5.69 Å². The van der Waals surface area contributed by atoms with Gasteiger partial charge in [-0.05, 0) is 35.9 Å². The number of amides is 1. The van der Waals surface area contributed by atoms with Crippen LogP contribution in [0.2, 0.25) is 5.02 Å². The summed E-state index contributed by atoms with van der Waals surface area (Å²) in [4.78, 5) is 12.3. The van der Waals surface area contributed by atoms with Gasteiger partial charge < -0.3 is 19.5 Å². The summed E-state index contributed by atoms with van der Waals surface area (Å²) < 4.78 is 16.0. The molecule has 0 bridgehead atoms. The van der Waals surface area contributed by atoms with Crippen molar-refractivity contribution in [3.8, 4) is 17.2 Å². The van der Waals surface area contributed by atoms with Gasteiger partial charge in [0.25, 0.3) is 5.91 Å². The number of nitrogens with one attached hydrogen (secondary N) is 1. The summed E-state index contributed by atoms with van der Waals surface area (Å²) in [5, 5.41) is 3.38. The van der Waals surface area contributed by atoms with Crippen molar-refractivity contribution in [3.05, 3.63) is 46.5 Å². The fourth-order valence-electron chi connectivity index (χ4n) is 2.66. The molecular weight excluding hydrogens is 330 g/mol. The van der Waals surface area contributed by atoms with Crippen LogP contribution in [0.1, 0.15) is 11.1 Å². The average molecular weight is 346 g/mol. The van der Waals surface area contributed by atoms with Crippen LogP contribution in [0, 0.1) is 0 Å². The summed E-state index contributed by atoms with van der Waals surface area (Å²) >= 11 is 5.97. The number of fused-ring (bicyclic) bond motifs is 1. The van der Waals surface area contributed by atoms with Crippen LogP contribution in [-0.4, -0.2) is 27.2 Å². The molecule has 1 heterocycles. The highest BCUT2D eigenvalue weighted by Crippen LogP contribution is 2.40. The number of hydrogen-bond donors (Lipinski definition) is 1. The Labute approximate surface area is 144 Å². The van der Waals surface area contributed by atoms with Crippen LogP contribution in [0.25, 0.3) is 11.6 Å². The number of carbonyl (C=O) groups is 1. The van der Waals surface area contributed by atoms with Gasteiger partial charge in [0.05, 0.1) is 27.0 Å². The van der Waals surface area contributed by atoms with Crippen molar-refractivity contribution in [1.29, 1.82) is 0 Å². The van der Waals surface area contributed by atoms with Crippen molar-refractivity contribution in [2.75, 3.05) is 26.6 Å². The first-order chi connectivity index (χ1) is 11.6. The Bertz CT molecular complexity index is 820. The van der Waals surface area contributed by atoms with Gasteiger partial charge in [0.15, 0.2) is 11.5 Å². The smallest absolute Gasteiger partial charge is 0.256 e. The van der Waals surface area contributed by atoms with E-state index in [1.807, 2.05) is 6.07 Å². The lowest BCUT2D eigenvalue weighted by Gasteiger charge is -2.13. The van der Waals surface area contributed by atoms with Gasteiger partial charge in [0.1, 0.15) is 0 Å². The van der Waals surface area contributed by atoms with Gasteiger partial charge >= 0.3 is 0 Å². The number of hydrogen-bond acceptors (Lipinski definition) is 4. The highest BCUT2D eigenvalue weighted by atomic mass is 35.5. The van der Waals surface area contributed by atoms with Gasteiger partial charge in [-0.1, -0.05) is 17.7 Å². The van der Waals surface area contributed by atoms with Crippen molar-refractivity contribution in [3.63, 3.8) is 0 Å². The zero-order valence-electron chi connectivity index (χ0n) is 13.5. The highest BCUT2D eigenvalue weighted by molar-refractivity contribution is 6.36. The number of benzene rings is 2. The van der Waals surface area contributed by atoms with Gasteiger partial charge in [-0.3, -0.25) is 4.79 Å². The van der Waals surface area contributed by atoms with Gasteiger partial charge in [0.2, 0.25) is 5.75 Å². The maximum absolute atomic E-state index is 12.3. The molecule has 1 aliphatic heterocycles. The number of carbonyl (C=O) groups excluding carboxylic acids is 1. The molecule has 1 N–H and O–H groups in total. The van der Waals surface area contributed by atoms with Crippen LogP contribution in [0.3, 0.4) is 0 Å². The van der Waals surface area contributed by atoms with Crippen molar-refractivity contribution in [1.82, 2.24) is 0 Å². The summed E-state index contributed by atoms with van der Waals surface area (Å²) in [5.74, 6) is 1.38. The molecule has 0 fully saturated rings. The Balaban J connectivity index is 2.11. The monoisotopic (exact) mass is 345 g/mol. The minimum atomic E-state index is -0.180. The Morgan fingerprint density at radius 2 is 1.67 bits per heavy atom. The van der Waals surface area contributed by atoms with E-state index in [-0.39, 0.29) is 5.91 Å². The van der Waals surface area contributed by atoms with Crippen LogP contribution >= 0.6 is 11.6 Å². The molecule has 124 valence electrons. The van der Waals surface area contributed by atoms with E-state index in [4.69, 9.17) is 25.8 Å². The van der Waals surface area contributed by atoms with E-state index in [0.29, 0.717) is 33.5 Å². The summed E-state index contributed by atoms with van der Waals surface area (Å²) in [6, 6.07) is 8.87. The molecule has 1 amide bonds. The maximum Gasteiger partial charge on any atom is 0.256 e. The summed E-state index contributed by atoms with van der Waals surface area (Å²) in [5.41, 5.74) is 2.82. The van der Waals surface area contributed by atoms with E-state index < -0.39 is 0 Å². The second-order valence-electron chi connectivity index (χ2n) is 5.16. The van der Waals surface area contributed by atoms with Gasteiger partial charge in [0, 0.05) is 16.2 Å². The first-order valence-corrected chi connectivity index (χ1v) is 7.58. The Morgan fingerprint density at radius 1 is 1.00 bits per heavy atom. The Kier molecular flexibility index (Phi) is 4.36. The third-order valence-electron chi connectivity index (χ3n) is 3.76. The lowest BCUT2D eigenvalue weighted by molar-refractivity contribution is -0.110. The molecule has 3 rings (SSSR count). The molecule has 6 heteroatoms. The molecule has 0 saturated carbocycles. The molecule has 1 aliphatic rings. The zero-order chi connectivity index (χ0) is 17.3. The summed E-state index contributed by atoms with van der Waals surface area (Å²) in [6.45, 7) is 0. The van der Waals surface area contributed by atoms with Crippen LogP contribution in [0.15, 0.2) is 30.3 Å². The fourth-order valence-corrected chi connectivity index (χ4v) is 2.83. The molecule has 0 saturated heterocycles. The largest absolute Gasteiger partial charge is 0.493 e. The second kappa shape index (κ2) is 6.45. The van der Waals surface area contributed by atoms with E-state index in [9.17, 15) is 4.79 Å². The van der Waals surface area contributed by atoms with Crippen molar-refractivity contribution < 1.29 is 19.0 Å². The van der Waals surface area contributed by atoms with E-state index in [0.717, 1.165) is 11.1 Å². The molecule has 0 aromatic heterocycles. The normalized spacial score (nSPS) is 14.3. The van der Waals surface area contributed by atoms with Crippen molar-refractivity contribution >= 4 is 34.8 Å². The molecule has 2 aromatic rings. The quantitative estimate of drug-likeness (QED) is 0.855. The highest BCUT2D eigenvalue weighted by Gasteiger charge is 2.24. The van der Waals surface area contributed by atoms with E-state index in [1.54, 1.807) is 51.7 Å². The molecular formula is C18H16ClNO4. The fraction of sp³-hybridized carbons (Fsp3) is 0.167. The van der Waals surface area contributed by atoms with E-state index >= 15 is 0 Å². The summed E-state index contributed by atoms with van der Waals surface area (Å²) in [7, 11) is 4.64. The maximum atomic E-state index is 12.3. The molecule has 0 spiro atoms. The molecule has 0 radical (unpaired) electrons. The predicted octanol–water partition coefficient (Wildman–Crippen LogP) is 3.86. The molecule has 5 nitrogen and oxygen atoms in total. The van der Waals surface area contributed by atoms with Crippen molar-refractivity contribution in [2.45, 2.75) is 0 Å².